The van der Waals surface area contributed by atoms with Gasteiger partial charge in [-0.05, 0) is 72.9 Å². The van der Waals surface area contributed by atoms with E-state index < -0.39 is 0 Å². The minimum absolute atomic E-state index is 0.0661. The topological polar surface area (TPSA) is 118 Å². The number of benzene rings is 2. The highest BCUT2D eigenvalue weighted by Crippen LogP contribution is 2.39. The average molecular weight is 664 g/mol. The molecule has 3 aromatic heterocycles. The molecule has 49 heavy (non-hydrogen) atoms. The van der Waals surface area contributed by atoms with Gasteiger partial charge in [0.05, 0.1) is 38.5 Å². The summed E-state index contributed by atoms with van der Waals surface area (Å²) in [6, 6.07) is 20.0. The fourth-order valence-electron chi connectivity index (χ4n) is 7.03. The predicted molar refractivity (Wildman–Crippen MR) is 191 cm³/mol. The van der Waals surface area contributed by atoms with E-state index in [1.807, 2.05) is 48.7 Å². The summed E-state index contributed by atoms with van der Waals surface area (Å²) in [5, 5.41) is 3.67. The second kappa shape index (κ2) is 15.4. The van der Waals surface area contributed by atoms with Crippen LogP contribution in [0.5, 0.6) is 17.2 Å². The third kappa shape index (κ3) is 7.31. The lowest BCUT2D eigenvalue weighted by Crippen LogP contribution is -2.55. The molecular formula is C38H45N7O4. The van der Waals surface area contributed by atoms with E-state index in [9.17, 15) is 4.79 Å². The summed E-state index contributed by atoms with van der Waals surface area (Å²) in [7, 11) is 6.55. The minimum Gasteiger partial charge on any atom is -0.493 e. The highest BCUT2D eigenvalue weighted by Gasteiger charge is 2.36. The van der Waals surface area contributed by atoms with E-state index in [2.05, 4.69) is 62.4 Å². The van der Waals surface area contributed by atoms with Gasteiger partial charge in [0.25, 0.3) is 5.91 Å². The predicted octanol–water partition coefficient (Wildman–Crippen LogP) is 6.14. The van der Waals surface area contributed by atoms with Crippen LogP contribution < -0.4 is 19.5 Å². The van der Waals surface area contributed by atoms with E-state index in [1.54, 1.807) is 33.5 Å². The zero-order chi connectivity index (χ0) is 34.3. The standard InChI is InChI=1S/C38H45N7O4/c1-6-30(25-13-18-39-19-14-25)36(44(2)37(46)27-23-32(47-3)35(49-5)33(24-27)48-4)45-20-15-28(16-21-45)41-38-42-31-12-9-10-26(34(31)43-38)22-29-11-7-8-17-40-29/h7-14,17-19,23-24,28,30,36H,6,15-16,20-22H2,1-5H3,(H2,41,42,43). The number of hydrogen-bond acceptors (Lipinski definition) is 9. The lowest BCUT2D eigenvalue weighted by atomic mass is 9.90. The van der Waals surface area contributed by atoms with Crippen LogP contribution >= 0.6 is 0 Å². The third-order valence-corrected chi connectivity index (χ3v) is 9.50. The largest absolute Gasteiger partial charge is 0.493 e. The summed E-state index contributed by atoms with van der Waals surface area (Å²) in [6.45, 7) is 3.79. The van der Waals surface area contributed by atoms with Crippen LogP contribution in [0.4, 0.5) is 5.95 Å². The smallest absolute Gasteiger partial charge is 0.255 e. The number of rotatable bonds is 13. The van der Waals surface area contributed by atoms with E-state index in [0.29, 0.717) is 22.8 Å². The Morgan fingerprint density at radius 2 is 1.71 bits per heavy atom. The average Bonchev–Trinajstić information content (AvgIpc) is 3.57. The van der Waals surface area contributed by atoms with Gasteiger partial charge >= 0.3 is 0 Å². The Kier molecular flexibility index (Phi) is 10.6. The van der Waals surface area contributed by atoms with Crippen molar-refractivity contribution in [1.82, 2.24) is 29.7 Å². The first-order valence-corrected chi connectivity index (χ1v) is 16.8. The van der Waals surface area contributed by atoms with Crippen LogP contribution in [0.2, 0.25) is 0 Å². The number of anilines is 1. The van der Waals surface area contributed by atoms with E-state index in [4.69, 9.17) is 19.2 Å². The van der Waals surface area contributed by atoms with Crippen molar-refractivity contribution in [1.29, 1.82) is 0 Å². The van der Waals surface area contributed by atoms with Crippen LogP contribution in [0.3, 0.4) is 0 Å². The molecule has 2 N–H and O–H groups in total. The number of aromatic nitrogens is 4. The maximum atomic E-state index is 14.3. The first kappa shape index (κ1) is 33.7. The molecule has 4 heterocycles. The van der Waals surface area contributed by atoms with Gasteiger partial charge in [0.1, 0.15) is 0 Å². The number of ether oxygens (including phenoxy) is 3. The van der Waals surface area contributed by atoms with E-state index >= 15 is 0 Å². The number of imidazole rings is 1. The number of H-pyrrole nitrogens is 1. The Morgan fingerprint density at radius 1 is 0.980 bits per heavy atom. The lowest BCUT2D eigenvalue weighted by Gasteiger charge is -2.45. The maximum absolute atomic E-state index is 14.3. The number of hydrogen-bond donors (Lipinski definition) is 2. The normalized spacial score (nSPS) is 15.0. The Balaban J connectivity index is 1.21. The number of nitrogens with zero attached hydrogens (tertiary/aromatic N) is 5. The van der Waals surface area contributed by atoms with Gasteiger partial charge in [0, 0.05) is 68.4 Å². The zero-order valence-corrected chi connectivity index (χ0v) is 28.8. The number of carbonyl (C=O) groups is 1. The van der Waals surface area contributed by atoms with Crippen molar-refractivity contribution in [3.8, 4) is 17.2 Å². The summed E-state index contributed by atoms with van der Waals surface area (Å²) in [4.78, 5) is 35.8. The molecule has 2 atom stereocenters. The number of nitrogens with one attached hydrogen (secondary N) is 2. The highest BCUT2D eigenvalue weighted by molar-refractivity contribution is 5.95. The number of amides is 1. The lowest BCUT2D eigenvalue weighted by molar-refractivity contribution is 0.0200. The monoisotopic (exact) mass is 663 g/mol. The Labute approximate surface area is 287 Å². The van der Waals surface area contributed by atoms with Crippen LogP contribution in [-0.4, -0.2) is 89.3 Å². The molecule has 0 radical (unpaired) electrons. The number of piperidine rings is 1. The molecule has 0 aliphatic carbocycles. The highest BCUT2D eigenvalue weighted by atomic mass is 16.5. The molecule has 1 aliphatic heterocycles. The summed E-state index contributed by atoms with van der Waals surface area (Å²) in [5.74, 6) is 2.05. The fraction of sp³-hybridized carbons (Fsp3) is 0.368. The first-order valence-electron chi connectivity index (χ1n) is 16.8. The van der Waals surface area contributed by atoms with Gasteiger partial charge < -0.3 is 29.4 Å². The quantitative estimate of drug-likeness (QED) is 0.153. The number of aromatic amines is 1. The fourth-order valence-corrected chi connectivity index (χ4v) is 7.03. The van der Waals surface area contributed by atoms with Gasteiger partial charge in [0.15, 0.2) is 11.5 Å². The number of fused-ring (bicyclic) bond motifs is 1. The molecule has 2 unspecified atom stereocenters. The molecule has 6 rings (SSSR count). The van der Waals surface area contributed by atoms with E-state index in [-0.39, 0.29) is 24.0 Å². The van der Waals surface area contributed by atoms with Crippen molar-refractivity contribution in [2.45, 2.75) is 50.7 Å². The van der Waals surface area contributed by atoms with Crippen molar-refractivity contribution >= 4 is 22.9 Å². The second-order valence-corrected chi connectivity index (χ2v) is 12.4. The molecule has 256 valence electrons. The van der Waals surface area contributed by atoms with Crippen LogP contribution in [0.15, 0.2) is 79.3 Å². The van der Waals surface area contributed by atoms with Crippen LogP contribution in [0, 0.1) is 0 Å². The molecule has 1 saturated heterocycles. The minimum atomic E-state index is -0.194. The van der Waals surface area contributed by atoms with Gasteiger partial charge in [-0.25, -0.2) is 4.98 Å². The molecule has 1 amide bonds. The molecule has 0 saturated carbocycles. The molecule has 11 heteroatoms. The summed E-state index contributed by atoms with van der Waals surface area (Å²) in [5.41, 5.74) is 5.73. The SMILES string of the molecule is CCC(c1ccncc1)C(N1CCC(Nc2nc3c(Cc4ccccn4)cccc3[nH]2)CC1)N(C)C(=O)c1cc(OC)c(OC)c(OC)c1. The van der Waals surface area contributed by atoms with Gasteiger partial charge in [0.2, 0.25) is 11.7 Å². The molecule has 1 fully saturated rings. The van der Waals surface area contributed by atoms with Gasteiger partial charge in [-0.3, -0.25) is 19.7 Å². The number of methoxy groups -OCH3 is 3. The molecule has 11 nitrogen and oxygen atoms in total. The number of pyridine rings is 2. The van der Waals surface area contributed by atoms with Gasteiger partial charge in [-0.15, -0.1) is 0 Å². The molecule has 2 aromatic carbocycles. The van der Waals surface area contributed by atoms with Crippen molar-refractivity contribution < 1.29 is 19.0 Å². The third-order valence-electron chi connectivity index (χ3n) is 9.50. The Hall–Kier alpha value is -5.16. The molecule has 0 bridgehead atoms. The first-order chi connectivity index (χ1) is 23.9. The van der Waals surface area contributed by atoms with Crippen LogP contribution in [-0.2, 0) is 6.42 Å². The zero-order valence-electron chi connectivity index (χ0n) is 28.8. The number of likely N-dealkylation sites (N-methyl/N-ethyl adjacent to an activating group) is 1. The van der Waals surface area contributed by atoms with Gasteiger partial charge in [-0.1, -0.05) is 25.1 Å². The van der Waals surface area contributed by atoms with Crippen molar-refractivity contribution in [2.75, 3.05) is 46.8 Å². The van der Waals surface area contributed by atoms with Crippen molar-refractivity contribution in [3.05, 3.63) is 102 Å². The molecule has 1 aliphatic rings. The van der Waals surface area contributed by atoms with Crippen LogP contribution in [0.25, 0.3) is 11.0 Å². The van der Waals surface area contributed by atoms with E-state index in [0.717, 1.165) is 72.6 Å². The number of carbonyl (C=O) groups excluding carboxylic acids is 1. The maximum Gasteiger partial charge on any atom is 0.255 e. The van der Waals surface area contributed by atoms with Crippen molar-refractivity contribution in [3.63, 3.8) is 0 Å². The second-order valence-electron chi connectivity index (χ2n) is 12.4. The Bertz CT molecular complexity index is 1820. The van der Waals surface area contributed by atoms with Crippen LogP contribution in [0.1, 0.15) is 59.3 Å². The summed E-state index contributed by atoms with van der Waals surface area (Å²) >= 11 is 0. The van der Waals surface area contributed by atoms with Gasteiger partial charge in [-0.2, -0.15) is 0 Å². The Morgan fingerprint density at radius 3 is 2.35 bits per heavy atom. The molecular weight excluding hydrogens is 618 g/mol. The van der Waals surface area contributed by atoms with E-state index in [1.165, 1.54) is 0 Å². The number of para-hydroxylation sites is 1. The summed E-state index contributed by atoms with van der Waals surface area (Å²) in [6.07, 6.45) is 8.63. The number of likely N-dealkylation sites (tertiary alicyclic amines) is 1. The van der Waals surface area contributed by atoms with Crippen molar-refractivity contribution in [2.24, 2.45) is 0 Å². The summed E-state index contributed by atoms with van der Waals surface area (Å²) < 4.78 is 16.6. The molecule has 5 aromatic rings. The molecule has 0 spiro atoms.